The van der Waals surface area contributed by atoms with Crippen molar-refractivity contribution >= 4 is 11.7 Å². The minimum atomic E-state index is -0.182. The number of benzene rings is 1. The summed E-state index contributed by atoms with van der Waals surface area (Å²) in [6.07, 6.45) is 2.08. The number of pyridine rings is 1. The van der Waals surface area contributed by atoms with Gasteiger partial charge in [-0.15, -0.1) is 0 Å². The Morgan fingerprint density at radius 3 is 2.80 bits per heavy atom. The van der Waals surface area contributed by atoms with Crippen LogP contribution in [0.5, 0.6) is 11.5 Å². The SMILES string of the molecule is O=C(NCC[C@@H]1COc2ccccc2O1)c1ccc(NCCO)nc1. The smallest absolute Gasteiger partial charge is 0.252 e. The van der Waals surface area contributed by atoms with E-state index in [1.54, 1.807) is 12.1 Å². The second-order valence-corrected chi connectivity index (χ2v) is 5.62. The fourth-order valence-electron chi connectivity index (χ4n) is 2.47. The van der Waals surface area contributed by atoms with Crippen LogP contribution in [0.4, 0.5) is 5.82 Å². The number of aliphatic hydroxyl groups is 1. The monoisotopic (exact) mass is 343 g/mol. The van der Waals surface area contributed by atoms with Crippen molar-refractivity contribution in [3.8, 4) is 11.5 Å². The summed E-state index contributed by atoms with van der Waals surface area (Å²) in [6, 6.07) is 11.0. The standard InChI is InChI=1S/C18H21N3O4/c22-10-9-19-17-6-5-13(11-21-17)18(23)20-8-7-14-12-24-15-3-1-2-4-16(15)25-14/h1-6,11,14,22H,7-10,12H2,(H,19,21)(H,20,23)/t14-/m1/s1. The number of hydrogen-bond donors (Lipinski definition) is 3. The Hall–Kier alpha value is -2.80. The Labute approximate surface area is 146 Å². The fraction of sp³-hybridized carbons (Fsp3) is 0.333. The molecular weight excluding hydrogens is 322 g/mol. The molecular formula is C18H21N3O4. The number of rotatable bonds is 7. The molecule has 0 aliphatic carbocycles. The van der Waals surface area contributed by atoms with Crippen molar-refractivity contribution in [2.45, 2.75) is 12.5 Å². The molecule has 0 spiro atoms. The second kappa shape index (κ2) is 8.34. The molecule has 2 heterocycles. The summed E-state index contributed by atoms with van der Waals surface area (Å²) in [5.74, 6) is 1.93. The average Bonchev–Trinajstić information content (AvgIpc) is 2.66. The van der Waals surface area contributed by atoms with Gasteiger partial charge in [0.2, 0.25) is 0 Å². The molecule has 1 aliphatic heterocycles. The van der Waals surface area contributed by atoms with Crippen LogP contribution in [0, 0.1) is 0 Å². The zero-order valence-electron chi connectivity index (χ0n) is 13.8. The highest BCUT2D eigenvalue weighted by Crippen LogP contribution is 2.31. The van der Waals surface area contributed by atoms with E-state index < -0.39 is 0 Å². The molecule has 1 aromatic carbocycles. The Morgan fingerprint density at radius 2 is 2.04 bits per heavy atom. The molecule has 7 heteroatoms. The maximum absolute atomic E-state index is 12.1. The highest BCUT2D eigenvalue weighted by atomic mass is 16.6. The molecule has 0 unspecified atom stereocenters. The van der Waals surface area contributed by atoms with Crippen molar-refractivity contribution in [1.82, 2.24) is 10.3 Å². The molecule has 25 heavy (non-hydrogen) atoms. The van der Waals surface area contributed by atoms with Gasteiger partial charge in [0.15, 0.2) is 11.5 Å². The molecule has 3 rings (SSSR count). The predicted molar refractivity (Wildman–Crippen MR) is 93.1 cm³/mol. The van der Waals surface area contributed by atoms with Crippen LogP contribution in [0.2, 0.25) is 0 Å². The number of ether oxygens (including phenoxy) is 2. The van der Waals surface area contributed by atoms with E-state index in [9.17, 15) is 4.79 Å². The van der Waals surface area contributed by atoms with E-state index >= 15 is 0 Å². The molecule has 1 aliphatic rings. The Kier molecular flexibility index (Phi) is 5.69. The van der Waals surface area contributed by atoms with Crippen LogP contribution in [0.25, 0.3) is 0 Å². The van der Waals surface area contributed by atoms with Crippen LogP contribution in [0.3, 0.4) is 0 Å². The van der Waals surface area contributed by atoms with E-state index in [1.807, 2.05) is 24.3 Å². The minimum Gasteiger partial charge on any atom is -0.486 e. The van der Waals surface area contributed by atoms with E-state index in [-0.39, 0.29) is 18.6 Å². The highest BCUT2D eigenvalue weighted by Gasteiger charge is 2.20. The van der Waals surface area contributed by atoms with Gasteiger partial charge in [-0.2, -0.15) is 0 Å². The van der Waals surface area contributed by atoms with Crippen molar-refractivity contribution in [1.29, 1.82) is 0 Å². The molecule has 1 atom stereocenters. The third-order valence-electron chi connectivity index (χ3n) is 3.76. The van der Waals surface area contributed by atoms with Gasteiger partial charge in [0.05, 0.1) is 12.2 Å². The minimum absolute atomic E-state index is 0.0291. The Balaban J connectivity index is 1.44. The van der Waals surface area contributed by atoms with Gasteiger partial charge in [0, 0.05) is 25.7 Å². The van der Waals surface area contributed by atoms with E-state index in [0.717, 1.165) is 11.5 Å². The van der Waals surface area contributed by atoms with Crippen molar-refractivity contribution in [2.75, 3.05) is 31.6 Å². The summed E-state index contributed by atoms with van der Waals surface area (Å²) in [5.41, 5.74) is 0.487. The number of para-hydroxylation sites is 2. The summed E-state index contributed by atoms with van der Waals surface area (Å²) in [4.78, 5) is 16.3. The van der Waals surface area contributed by atoms with Gasteiger partial charge in [-0.25, -0.2) is 4.98 Å². The lowest BCUT2D eigenvalue weighted by Crippen LogP contribution is -2.34. The Morgan fingerprint density at radius 1 is 1.20 bits per heavy atom. The van der Waals surface area contributed by atoms with Crippen LogP contribution in [0.15, 0.2) is 42.6 Å². The first-order valence-corrected chi connectivity index (χ1v) is 8.24. The third-order valence-corrected chi connectivity index (χ3v) is 3.76. The number of fused-ring (bicyclic) bond motifs is 1. The molecule has 2 aromatic rings. The summed E-state index contributed by atoms with van der Waals surface area (Å²) in [7, 11) is 0. The van der Waals surface area contributed by atoms with Crippen LogP contribution >= 0.6 is 0 Å². The first-order valence-electron chi connectivity index (χ1n) is 8.24. The summed E-state index contributed by atoms with van der Waals surface area (Å²) < 4.78 is 11.5. The van der Waals surface area contributed by atoms with Gasteiger partial charge in [-0.3, -0.25) is 4.79 Å². The fourth-order valence-corrected chi connectivity index (χ4v) is 2.47. The molecule has 0 radical (unpaired) electrons. The van der Waals surface area contributed by atoms with E-state index in [4.69, 9.17) is 14.6 Å². The number of carbonyl (C=O) groups excluding carboxylic acids is 1. The van der Waals surface area contributed by atoms with Gasteiger partial charge >= 0.3 is 0 Å². The normalized spacial score (nSPS) is 15.5. The third kappa shape index (κ3) is 4.60. The van der Waals surface area contributed by atoms with E-state index in [0.29, 0.717) is 37.5 Å². The first-order chi connectivity index (χ1) is 12.3. The molecule has 0 fully saturated rings. The van der Waals surface area contributed by atoms with Gasteiger partial charge < -0.3 is 25.2 Å². The molecule has 132 valence electrons. The van der Waals surface area contributed by atoms with E-state index in [2.05, 4.69) is 15.6 Å². The first kappa shape index (κ1) is 17.0. The Bertz CT molecular complexity index is 706. The molecule has 3 N–H and O–H groups in total. The lowest BCUT2D eigenvalue weighted by Gasteiger charge is -2.26. The number of amides is 1. The number of carbonyl (C=O) groups is 1. The number of hydrogen-bond acceptors (Lipinski definition) is 6. The zero-order chi connectivity index (χ0) is 17.5. The van der Waals surface area contributed by atoms with Crippen LogP contribution in [-0.4, -0.2) is 48.4 Å². The van der Waals surface area contributed by atoms with Gasteiger partial charge in [0.25, 0.3) is 5.91 Å². The number of aromatic nitrogens is 1. The number of aliphatic hydroxyl groups excluding tert-OH is 1. The van der Waals surface area contributed by atoms with Gasteiger partial charge in [-0.05, 0) is 24.3 Å². The largest absolute Gasteiger partial charge is 0.486 e. The van der Waals surface area contributed by atoms with Gasteiger partial charge in [-0.1, -0.05) is 12.1 Å². The maximum Gasteiger partial charge on any atom is 0.252 e. The van der Waals surface area contributed by atoms with Crippen LogP contribution in [-0.2, 0) is 0 Å². The molecule has 1 amide bonds. The molecule has 1 aromatic heterocycles. The van der Waals surface area contributed by atoms with Crippen molar-refractivity contribution < 1.29 is 19.4 Å². The highest BCUT2D eigenvalue weighted by molar-refractivity contribution is 5.94. The average molecular weight is 343 g/mol. The quantitative estimate of drug-likeness (QED) is 0.705. The molecule has 0 saturated carbocycles. The van der Waals surface area contributed by atoms with E-state index in [1.165, 1.54) is 6.20 Å². The molecule has 7 nitrogen and oxygen atoms in total. The predicted octanol–water partition coefficient (Wildman–Crippen LogP) is 1.45. The van der Waals surface area contributed by atoms with Crippen LogP contribution < -0.4 is 20.1 Å². The lowest BCUT2D eigenvalue weighted by molar-refractivity contribution is 0.0812. The molecule has 0 bridgehead atoms. The number of nitrogens with zero attached hydrogens (tertiary/aromatic N) is 1. The zero-order valence-corrected chi connectivity index (χ0v) is 13.8. The van der Waals surface area contributed by atoms with Crippen molar-refractivity contribution in [3.63, 3.8) is 0 Å². The number of nitrogens with one attached hydrogen (secondary N) is 2. The van der Waals surface area contributed by atoms with Crippen molar-refractivity contribution in [2.24, 2.45) is 0 Å². The van der Waals surface area contributed by atoms with Crippen LogP contribution in [0.1, 0.15) is 16.8 Å². The summed E-state index contributed by atoms with van der Waals surface area (Å²) >= 11 is 0. The number of anilines is 1. The second-order valence-electron chi connectivity index (χ2n) is 5.62. The molecule has 0 saturated heterocycles. The summed E-state index contributed by atoms with van der Waals surface area (Å²) in [5, 5.41) is 14.5. The van der Waals surface area contributed by atoms with Gasteiger partial charge in [0.1, 0.15) is 18.5 Å². The topological polar surface area (TPSA) is 92.7 Å². The summed E-state index contributed by atoms with van der Waals surface area (Å²) in [6.45, 7) is 1.41. The lowest BCUT2D eigenvalue weighted by atomic mass is 10.2. The van der Waals surface area contributed by atoms with Crippen molar-refractivity contribution in [3.05, 3.63) is 48.2 Å². The maximum atomic E-state index is 12.1.